The first-order valence-electron chi connectivity index (χ1n) is 5.72. The number of benzene rings is 1. The number of rotatable bonds is 6. The van der Waals surface area contributed by atoms with Gasteiger partial charge in [-0.3, -0.25) is 4.79 Å². The summed E-state index contributed by atoms with van der Waals surface area (Å²) in [6.07, 6.45) is 1.03. The molecule has 0 fully saturated rings. The molecule has 0 radical (unpaired) electrons. The molecule has 0 spiro atoms. The molecule has 1 aromatic rings. The van der Waals surface area contributed by atoms with Crippen molar-refractivity contribution in [2.45, 2.75) is 26.7 Å². The van der Waals surface area contributed by atoms with Crippen LogP contribution in [-0.2, 0) is 11.2 Å². The third-order valence-electron chi connectivity index (χ3n) is 2.65. The van der Waals surface area contributed by atoms with Gasteiger partial charge in [-0.25, -0.2) is 0 Å². The summed E-state index contributed by atoms with van der Waals surface area (Å²) in [7, 11) is 0. The Morgan fingerprint density at radius 1 is 1.47 bits per heavy atom. The molecule has 0 amide bonds. The summed E-state index contributed by atoms with van der Waals surface area (Å²) in [4.78, 5) is 10.7. The van der Waals surface area contributed by atoms with E-state index in [1.165, 1.54) is 0 Å². The molecule has 0 bridgehead atoms. The fourth-order valence-electron chi connectivity index (χ4n) is 1.54. The van der Waals surface area contributed by atoms with Gasteiger partial charge in [0.2, 0.25) is 0 Å². The van der Waals surface area contributed by atoms with Crippen LogP contribution in [0.1, 0.15) is 25.8 Å². The molecule has 0 heterocycles. The van der Waals surface area contributed by atoms with Gasteiger partial charge in [-0.2, -0.15) is 0 Å². The summed E-state index contributed by atoms with van der Waals surface area (Å²) in [6, 6.07) is 5.28. The van der Waals surface area contributed by atoms with Gasteiger partial charge in [-0.1, -0.05) is 19.1 Å². The summed E-state index contributed by atoms with van der Waals surface area (Å²) in [6.45, 7) is 3.99. The third kappa shape index (κ3) is 3.66. The minimum Gasteiger partial charge on any atom is -0.504 e. The second-order valence-corrected chi connectivity index (χ2v) is 3.97. The van der Waals surface area contributed by atoms with Gasteiger partial charge in [0.1, 0.15) is 0 Å². The van der Waals surface area contributed by atoms with Crippen LogP contribution in [0, 0.1) is 5.92 Å². The Bertz CT molecular complexity index is 387. The number of hydrogen-bond acceptors (Lipinski definition) is 3. The van der Waals surface area contributed by atoms with Gasteiger partial charge in [0.15, 0.2) is 11.5 Å². The van der Waals surface area contributed by atoms with E-state index >= 15 is 0 Å². The van der Waals surface area contributed by atoms with Gasteiger partial charge in [0, 0.05) is 0 Å². The largest absolute Gasteiger partial charge is 0.504 e. The predicted molar refractivity (Wildman–Crippen MR) is 64.4 cm³/mol. The van der Waals surface area contributed by atoms with E-state index < -0.39 is 11.9 Å². The molecule has 1 atom stereocenters. The van der Waals surface area contributed by atoms with Gasteiger partial charge in [-0.15, -0.1) is 0 Å². The molecule has 2 N–H and O–H groups in total. The van der Waals surface area contributed by atoms with Crippen LogP contribution in [0.15, 0.2) is 18.2 Å². The maximum atomic E-state index is 10.7. The van der Waals surface area contributed by atoms with E-state index in [9.17, 15) is 9.90 Å². The van der Waals surface area contributed by atoms with E-state index in [2.05, 4.69) is 0 Å². The highest BCUT2D eigenvalue weighted by atomic mass is 16.5. The first-order valence-corrected chi connectivity index (χ1v) is 5.72. The standard InChI is InChI=1S/C13H18O4/c1-3-17-11-6-4-5-10(12(11)14)8-7-9(2)13(15)16/h4-6,9,14H,3,7-8H2,1-2H3,(H,15,16). The molecule has 4 nitrogen and oxygen atoms in total. The maximum Gasteiger partial charge on any atom is 0.306 e. The Balaban J connectivity index is 2.71. The molecule has 0 aromatic heterocycles. The van der Waals surface area contributed by atoms with Gasteiger partial charge >= 0.3 is 5.97 Å². The lowest BCUT2D eigenvalue weighted by Crippen LogP contribution is -2.10. The monoisotopic (exact) mass is 238 g/mol. The van der Waals surface area contributed by atoms with Crippen LogP contribution in [-0.4, -0.2) is 22.8 Å². The van der Waals surface area contributed by atoms with E-state index in [1.807, 2.05) is 6.92 Å². The second-order valence-electron chi connectivity index (χ2n) is 3.97. The van der Waals surface area contributed by atoms with Crippen molar-refractivity contribution in [1.29, 1.82) is 0 Å². The van der Waals surface area contributed by atoms with Crippen LogP contribution in [0.25, 0.3) is 0 Å². The summed E-state index contributed by atoms with van der Waals surface area (Å²) >= 11 is 0. The number of aromatic hydroxyl groups is 1. The van der Waals surface area contributed by atoms with Crippen molar-refractivity contribution in [3.05, 3.63) is 23.8 Å². The van der Waals surface area contributed by atoms with E-state index in [0.717, 1.165) is 5.56 Å². The van der Waals surface area contributed by atoms with Crippen molar-refractivity contribution < 1.29 is 19.7 Å². The quantitative estimate of drug-likeness (QED) is 0.798. The van der Waals surface area contributed by atoms with Crippen LogP contribution in [0.2, 0.25) is 0 Å². The van der Waals surface area contributed by atoms with Crippen molar-refractivity contribution in [3.63, 3.8) is 0 Å². The fourth-order valence-corrected chi connectivity index (χ4v) is 1.54. The summed E-state index contributed by atoms with van der Waals surface area (Å²) in [5, 5.41) is 18.7. The summed E-state index contributed by atoms with van der Waals surface area (Å²) in [5.41, 5.74) is 0.726. The fraction of sp³-hybridized carbons (Fsp3) is 0.462. The van der Waals surface area contributed by atoms with Crippen molar-refractivity contribution in [2.24, 2.45) is 5.92 Å². The van der Waals surface area contributed by atoms with Crippen LogP contribution in [0.3, 0.4) is 0 Å². The zero-order chi connectivity index (χ0) is 12.8. The maximum absolute atomic E-state index is 10.7. The highest BCUT2D eigenvalue weighted by Crippen LogP contribution is 2.31. The van der Waals surface area contributed by atoms with Crippen molar-refractivity contribution in [2.75, 3.05) is 6.61 Å². The minimum absolute atomic E-state index is 0.118. The molecule has 0 saturated carbocycles. The Hall–Kier alpha value is -1.71. The van der Waals surface area contributed by atoms with Crippen molar-refractivity contribution in [3.8, 4) is 11.5 Å². The lowest BCUT2D eigenvalue weighted by atomic mass is 10.0. The number of phenols is 1. The average Bonchev–Trinajstić information content (AvgIpc) is 2.30. The zero-order valence-electron chi connectivity index (χ0n) is 10.1. The number of aliphatic carboxylic acids is 1. The normalized spacial score (nSPS) is 12.1. The van der Waals surface area contributed by atoms with E-state index in [1.54, 1.807) is 25.1 Å². The molecular formula is C13H18O4. The van der Waals surface area contributed by atoms with E-state index in [4.69, 9.17) is 9.84 Å². The smallest absolute Gasteiger partial charge is 0.306 e. The van der Waals surface area contributed by atoms with Crippen LogP contribution < -0.4 is 4.74 Å². The molecule has 0 aliphatic carbocycles. The van der Waals surface area contributed by atoms with Crippen molar-refractivity contribution >= 4 is 5.97 Å². The minimum atomic E-state index is -0.814. The summed E-state index contributed by atoms with van der Waals surface area (Å²) in [5.74, 6) is -0.657. The SMILES string of the molecule is CCOc1cccc(CCC(C)C(=O)O)c1O. The van der Waals surface area contributed by atoms with Crippen molar-refractivity contribution in [1.82, 2.24) is 0 Å². The Labute approximate surface area is 101 Å². The molecule has 1 aromatic carbocycles. The molecule has 0 saturated heterocycles. The number of hydrogen-bond donors (Lipinski definition) is 2. The highest BCUT2D eigenvalue weighted by Gasteiger charge is 2.13. The molecule has 1 rings (SSSR count). The molecule has 1 unspecified atom stereocenters. The van der Waals surface area contributed by atoms with E-state index in [0.29, 0.717) is 25.2 Å². The first-order chi connectivity index (χ1) is 8.06. The molecular weight excluding hydrogens is 220 g/mol. The molecule has 4 heteroatoms. The topological polar surface area (TPSA) is 66.8 Å². The van der Waals surface area contributed by atoms with Crippen LogP contribution in [0.4, 0.5) is 0 Å². The molecule has 0 aliphatic rings. The number of carbonyl (C=O) groups is 1. The predicted octanol–water partition coefficient (Wildman–Crippen LogP) is 2.44. The molecule has 0 aliphatic heterocycles. The second kappa shape index (κ2) is 6.13. The molecule has 94 valence electrons. The number of aryl methyl sites for hydroxylation is 1. The zero-order valence-corrected chi connectivity index (χ0v) is 10.1. The number of para-hydroxylation sites is 1. The lowest BCUT2D eigenvalue weighted by Gasteiger charge is -2.11. The highest BCUT2D eigenvalue weighted by molar-refractivity contribution is 5.69. The molecule has 17 heavy (non-hydrogen) atoms. The Morgan fingerprint density at radius 2 is 2.18 bits per heavy atom. The van der Waals surface area contributed by atoms with Gasteiger partial charge in [0.25, 0.3) is 0 Å². The summed E-state index contributed by atoms with van der Waals surface area (Å²) < 4.78 is 5.27. The van der Waals surface area contributed by atoms with Gasteiger partial charge in [-0.05, 0) is 31.4 Å². The average molecular weight is 238 g/mol. The Morgan fingerprint density at radius 3 is 2.76 bits per heavy atom. The number of carboxylic acid groups (broad SMARTS) is 1. The first kappa shape index (κ1) is 13.4. The Kier molecular flexibility index (Phi) is 4.82. The number of phenolic OH excluding ortho intramolecular Hbond substituents is 1. The van der Waals surface area contributed by atoms with E-state index in [-0.39, 0.29) is 5.75 Å². The van der Waals surface area contributed by atoms with Gasteiger partial charge < -0.3 is 14.9 Å². The number of ether oxygens (including phenoxy) is 1. The third-order valence-corrected chi connectivity index (χ3v) is 2.65. The van der Waals surface area contributed by atoms with Gasteiger partial charge in [0.05, 0.1) is 12.5 Å². The van der Waals surface area contributed by atoms with Crippen LogP contribution in [0.5, 0.6) is 11.5 Å². The van der Waals surface area contributed by atoms with Crippen LogP contribution >= 0.6 is 0 Å². The number of carboxylic acids is 1. The lowest BCUT2D eigenvalue weighted by molar-refractivity contribution is -0.141.